The van der Waals surface area contributed by atoms with Gasteiger partial charge in [-0.3, -0.25) is 4.79 Å². The van der Waals surface area contributed by atoms with Crippen LogP contribution in [-0.2, 0) is 6.54 Å². The number of rotatable bonds is 5. The van der Waals surface area contributed by atoms with E-state index in [0.29, 0.717) is 28.5 Å². The van der Waals surface area contributed by atoms with Crippen LogP contribution in [0.15, 0.2) is 71.8 Å². The molecule has 7 nitrogen and oxygen atoms in total. The van der Waals surface area contributed by atoms with Crippen LogP contribution < -0.4 is 15.5 Å². The molecule has 0 atom stereocenters. The van der Waals surface area contributed by atoms with Gasteiger partial charge in [-0.05, 0) is 43.3 Å². The number of ether oxygens (including phenoxy) is 1. The average Bonchev–Trinajstić information content (AvgIpc) is 2.75. The first kappa shape index (κ1) is 18.2. The fraction of sp³-hybridized carbons (Fsp3) is 0.0909. The lowest BCUT2D eigenvalue weighted by Gasteiger charge is -2.11. The van der Waals surface area contributed by atoms with E-state index in [0.717, 1.165) is 17.7 Å². The number of nitrogens with zero attached hydrogens (tertiary/aromatic N) is 4. The molecule has 1 N–H and O–H groups in total. The summed E-state index contributed by atoms with van der Waals surface area (Å²) in [5.41, 5.74) is 2.13. The van der Waals surface area contributed by atoms with Crippen LogP contribution in [0.4, 0.5) is 11.6 Å². The average molecular weight is 383 g/mol. The van der Waals surface area contributed by atoms with Gasteiger partial charge < -0.3 is 14.6 Å². The minimum Gasteiger partial charge on any atom is -0.439 e. The van der Waals surface area contributed by atoms with Gasteiger partial charge in [-0.25, -0.2) is 4.98 Å². The summed E-state index contributed by atoms with van der Waals surface area (Å²) in [7, 11) is 0. The minimum atomic E-state index is -0.0211. The van der Waals surface area contributed by atoms with Crippen molar-refractivity contribution in [1.29, 1.82) is 5.26 Å². The first-order chi connectivity index (χ1) is 14.2. The van der Waals surface area contributed by atoms with Gasteiger partial charge in [-0.15, -0.1) is 0 Å². The molecule has 4 aromatic rings. The van der Waals surface area contributed by atoms with E-state index in [1.807, 2.05) is 17.6 Å². The van der Waals surface area contributed by atoms with E-state index >= 15 is 0 Å². The lowest BCUT2D eigenvalue weighted by Crippen LogP contribution is -2.07. The predicted octanol–water partition coefficient (Wildman–Crippen LogP) is 4.22. The van der Waals surface area contributed by atoms with Gasteiger partial charge in [0.15, 0.2) is 5.43 Å². The Morgan fingerprint density at radius 1 is 1.14 bits per heavy atom. The van der Waals surface area contributed by atoms with Crippen molar-refractivity contribution in [3.05, 3.63) is 82.8 Å². The Morgan fingerprint density at radius 2 is 1.97 bits per heavy atom. The summed E-state index contributed by atoms with van der Waals surface area (Å²) < 4.78 is 7.88. The zero-order valence-corrected chi connectivity index (χ0v) is 15.7. The summed E-state index contributed by atoms with van der Waals surface area (Å²) in [5.74, 6) is 1.32. The quantitative estimate of drug-likeness (QED) is 0.555. The molecule has 0 fully saturated rings. The summed E-state index contributed by atoms with van der Waals surface area (Å²) in [6.45, 7) is 2.76. The van der Waals surface area contributed by atoms with E-state index in [9.17, 15) is 4.79 Å². The van der Waals surface area contributed by atoms with Gasteiger partial charge in [0.25, 0.3) is 0 Å². The number of aryl methyl sites for hydroxylation is 1. The number of hydrogen-bond acceptors (Lipinski definition) is 6. The number of fused-ring (bicyclic) bond motifs is 1. The lowest BCUT2D eigenvalue weighted by atomic mass is 10.2. The summed E-state index contributed by atoms with van der Waals surface area (Å²) in [6.07, 6.45) is 3.37. The molecule has 29 heavy (non-hydrogen) atoms. The van der Waals surface area contributed by atoms with Crippen LogP contribution >= 0.6 is 0 Å². The van der Waals surface area contributed by atoms with Gasteiger partial charge in [0.05, 0.1) is 17.1 Å². The lowest BCUT2D eigenvalue weighted by molar-refractivity contribution is 0.463. The molecule has 2 aromatic carbocycles. The van der Waals surface area contributed by atoms with E-state index in [1.54, 1.807) is 60.9 Å². The molecule has 0 unspecified atom stereocenters. The summed E-state index contributed by atoms with van der Waals surface area (Å²) in [4.78, 5) is 20.6. The van der Waals surface area contributed by atoms with Crippen LogP contribution in [0.3, 0.4) is 0 Å². The van der Waals surface area contributed by atoms with Crippen molar-refractivity contribution in [2.24, 2.45) is 0 Å². The van der Waals surface area contributed by atoms with E-state index in [4.69, 9.17) is 10.00 Å². The van der Waals surface area contributed by atoms with Crippen LogP contribution in [0.1, 0.15) is 12.5 Å². The molecule has 0 bridgehead atoms. The van der Waals surface area contributed by atoms with E-state index in [-0.39, 0.29) is 5.43 Å². The maximum Gasteiger partial charge on any atom is 0.230 e. The maximum atomic E-state index is 12.1. The number of anilines is 2. The number of nitrogens with one attached hydrogen (secondary N) is 1. The van der Waals surface area contributed by atoms with Gasteiger partial charge in [0, 0.05) is 48.2 Å². The van der Waals surface area contributed by atoms with Crippen molar-refractivity contribution in [1.82, 2.24) is 14.5 Å². The van der Waals surface area contributed by atoms with Gasteiger partial charge in [-0.2, -0.15) is 10.2 Å². The van der Waals surface area contributed by atoms with Crippen molar-refractivity contribution in [2.45, 2.75) is 13.5 Å². The Hall–Kier alpha value is -4.18. The Kier molecular flexibility index (Phi) is 4.91. The van der Waals surface area contributed by atoms with Crippen LogP contribution in [0.2, 0.25) is 0 Å². The highest BCUT2D eigenvalue weighted by molar-refractivity contribution is 5.80. The fourth-order valence-electron chi connectivity index (χ4n) is 2.96. The fourth-order valence-corrected chi connectivity index (χ4v) is 2.96. The number of hydrogen-bond donors (Lipinski definition) is 1. The van der Waals surface area contributed by atoms with Crippen LogP contribution in [-0.4, -0.2) is 14.5 Å². The first-order valence-electron chi connectivity index (χ1n) is 9.07. The Morgan fingerprint density at radius 3 is 2.72 bits per heavy atom. The summed E-state index contributed by atoms with van der Waals surface area (Å²) in [6, 6.07) is 17.6. The number of pyridine rings is 1. The third-order valence-corrected chi connectivity index (χ3v) is 4.41. The standard InChI is InChI=1S/C22H17N5O2/c1-2-27-12-10-20(28)18-8-7-17(13-19(18)27)29-21-9-11-24-22(26-21)25-16-5-3-15(14-23)4-6-16/h3-13H,2H2,1H3,(H,24,25,26). The van der Waals surface area contributed by atoms with Crippen LogP contribution in [0, 0.1) is 11.3 Å². The molecular weight excluding hydrogens is 366 g/mol. The van der Waals surface area contributed by atoms with Crippen molar-refractivity contribution in [3.8, 4) is 17.7 Å². The Bertz CT molecular complexity index is 1270. The van der Waals surface area contributed by atoms with Gasteiger partial charge in [-0.1, -0.05) is 0 Å². The molecule has 2 aromatic heterocycles. The largest absolute Gasteiger partial charge is 0.439 e. The normalized spacial score (nSPS) is 10.5. The molecule has 2 heterocycles. The van der Waals surface area contributed by atoms with Gasteiger partial charge in [0.2, 0.25) is 11.8 Å². The molecule has 0 radical (unpaired) electrons. The smallest absolute Gasteiger partial charge is 0.230 e. The molecule has 0 aliphatic rings. The molecule has 0 aliphatic carbocycles. The maximum absolute atomic E-state index is 12.1. The van der Waals surface area contributed by atoms with Gasteiger partial charge in [0.1, 0.15) is 5.75 Å². The van der Waals surface area contributed by atoms with E-state index in [2.05, 4.69) is 21.4 Å². The zero-order chi connectivity index (χ0) is 20.2. The van der Waals surface area contributed by atoms with Crippen LogP contribution in [0.5, 0.6) is 11.6 Å². The number of benzene rings is 2. The highest BCUT2D eigenvalue weighted by Crippen LogP contribution is 2.24. The van der Waals surface area contributed by atoms with E-state index < -0.39 is 0 Å². The molecular formula is C22H17N5O2. The molecule has 0 saturated heterocycles. The third kappa shape index (κ3) is 3.92. The molecule has 0 aliphatic heterocycles. The monoisotopic (exact) mass is 383 g/mol. The summed E-state index contributed by atoms with van der Waals surface area (Å²) in [5, 5.41) is 12.6. The van der Waals surface area contributed by atoms with Crippen molar-refractivity contribution in [3.63, 3.8) is 0 Å². The van der Waals surface area contributed by atoms with Crippen molar-refractivity contribution < 1.29 is 4.74 Å². The Balaban J connectivity index is 1.59. The second kappa shape index (κ2) is 7.82. The van der Waals surface area contributed by atoms with Gasteiger partial charge >= 0.3 is 0 Å². The molecule has 0 saturated carbocycles. The van der Waals surface area contributed by atoms with Crippen molar-refractivity contribution >= 4 is 22.5 Å². The SMILES string of the molecule is CCn1ccc(=O)c2ccc(Oc3ccnc(Nc4ccc(C#N)cc4)n3)cc21. The number of aromatic nitrogens is 3. The highest BCUT2D eigenvalue weighted by Gasteiger charge is 2.07. The summed E-state index contributed by atoms with van der Waals surface area (Å²) >= 11 is 0. The molecule has 7 heteroatoms. The molecule has 0 spiro atoms. The molecule has 0 amide bonds. The highest BCUT2D eigenvalue weighted by atomic mass is 16.5. The minimum absolute atomic E-state index is 0.0211. The topological polar surface area (TPSA) is 92.8 Å². The predicted molar refractivity (Wildman–Crippen MR) is 110 cm³/mol. The van der Waals surface area contributed by atoms with Crippen molar-refractivity contribution in [2.75, 3.05) is 5.32 Å². The number of nitriles is 1. The molecule has 142 valence electrons. The molecule has 4 rings (SSSR count). The van der Waals surface area contributed by atoms with Crippen LogP contribution in [0.25, 0.3) is 10.9 Å². The third-order valence-electron chi connectivity index (χ3n) is 4.41. The zero-order valence-electron chi connectivity index (χ0n) is 15.7. The second-order valence-electron chi connectivity index (χ2n) is 6.28. The second-order valence-corrected chi connectivity index (χ2v) is 6.28. The first-order valence-corrected chi connectivity index (χ1v) is 9.07. The van der Waals surface area contributed by atoms with E-state index in [1.165, 1.54) is 0 Å². The Labute approximate surface area is 166 Å².